The normalized spacial score (nSPS) is 23.0. The molecule has 1 fully saturated rings. The summed E-state index contributed by atoms with van der Waals surface area (Å²) in [5.41, 5.74) is 1.82. The first-order chi connectivity index (χ1) is 12.2. The molecule has 128 valence electrons. The highest BCUT2D eigenvalue weighted by Crippen LogP contribution is 2.44. The first kappa shape index (κ1) is 16.6. The van der Waals surface area contributed by atoms with Gasteiger partial charge in [-0.15, -0.1) is 0 Å². The average molecular weight is 375 g/mol. The molecule has 2 heterocycles. The third-order valence-corrected chi connectivity index (χ3v) is 4.81. The molecule has 1 aromatic heterocycles. The topological polar surface area (TPSA) is 36.3 Å². The summed E-state index contributed by atoms with van der Waals surface area (Å²) < 4.78 is 14.5. The van der Waals surface area contributed by atoms with E-state index in [1.165, 1.54) is 0 Å². The first-order valence-corrected chi connectivity index (χ1v) is 8.70. The molecule has 4 rings (SSSR count). The molecular weight excluding hydrogens is 359 g/mol. The van der Waals surface area contributed by atoms with Gasteiger partial charge in [-0.1, -0.05) is 59.6 Å². The molecule has 25 heavy (non-hydrogen) atoms. The lowest BCUT2D eigenvalue weighted by Crippen LogP contribution is -2.33. The molecule has 0 radical (unpaired) electrons. The van der Waals surface area contributed by atoms with Gasteiger partial charge in [0.2, 0.25) is 5.79 Å². The van der Waals surface area contributed by atoms with E-state index in [4.69, 9.17) is 32.7 Å². The van der Waals surface area contributed by atoms with Crippen LogP contribution in [0.4, 0.5) is 0 Å². The minimum absolute atomic E-state index is 0.170. The lowest BCUT2D eigenvalue weighted by Gasteiger charge is -2.30. The minimum atomic E-state index is -0.997. The summed E-state index contributed by atoms with van der Waals surface area (Å²) in [5, 5.41) is 1.09. The van der Waals surface area contributed by atoms with E-state index in [0.717, 1.165) is 11.1 Å². The van der Waals surface area contributed by atoms with Crippen LogP contribution in [0.1, 0.15) is 17.2 Å². The second kappa shape index (κ2) is 6.81. The lowest BCUT2D eigenvalue weighted by molar-refractivity contribution is -0.187. The SMILES string of the molecule is Clc1ccc(C2(Cn3ccnc3)OCC(c3ccccc3)O2)c(Cl)c1. The van der Waals surface area contributed by atoms with Crippen LogP contribution >= 0.6 is 23.2 Å². The maximum absolute atomic E-state index is 6.46. The van der Waals surface area contributed by atoms with E-state index in [1.54, 1.807) is 24.7 Å². The van der Waals surface area contributed by atoms with Crippen LogP contribution in [-0.4, -0.2) is 16.2 Å². The average Bonchev–Trinajstić information content (AvgIpc) is 3.26. The van der Waals surface area contributed by atoms with Gasteiger partial charge in [-0.25, -0.2) is 4.98 Å². The smallest absolute Gasteiger partial charge is 0.215 e. The van der Waals surface area contributed by atoms with Crippen molar-refractivity contribution >= 4 is 23.2 Å². The maximum Gasteiger partial charge on any atom is 0.215 e. The predicted molar refractivity (Wildman–Crippen MR) is 96.6 cm³/mol. The number of halogens is 2. The highest BCUT2D eigenvalue weighted by molar-refractivity contribution is 6.35. The molecule has 3 aromatic rings. The van der Waals surface area contributed by atoms with Crippen molar-refractivity contribution in [3.05, 3.63) is 88.4 Å². The van der Waals surface area contributed by atoms with Crippen molar-refractivity contribution in [3.63, 3.8) is 0 Å². The zero-order chi connectivity index (χ0) is 17.3. The van der Waals surface area contributed by atoms with Crippen molar-refractivity contribution in [1.29, 1.82) is 0 Å². The zero-order valence-electron chi connectivity index (χ0n) is 13.3. The molecule has 1 aliphatic heterocycles. The molecule has 1 saturated heterocycles. The first-order valence-electron chi connectivity index (χ1n) is 7.94. The monoisotopic (exact) mass is 374 g/mol. The highest BCUT2D eigenvalue weighted by atomic mass is 35.5. The number of hydrogen-bond donors (Lipinski definition) is 0. The molecule has 1 aliphatic rings. The van der Waals surface area contributed by atoms with E-state index in [-0.39, 0.29) is 6.10 Å². The number of rotatable bonds is 4. The number of aromatic nitrogens is 2. The fourth-order valence-corrected chi connectivity index (χ4v) is 3.62. The molecule has 4 nitrogen and oxygen atoms in total. The van der Waals surface area contributed by atoms with Gasteiger partial charge in [-0.05, 0) is 17.7 Å². The lowest BCUT2D eigenvalue weighted by atomic mass is 10.1. The summed E-state index contributed by atoms with van der Waals surface area (Å²) in [6, 6.07) is 15.4. The predicted octanol–water partition coefficient (Wildman–Crippen LogP) is 4.83. The van der Waals surface area contributed by atoms with E-state index >= 15 is 0 Å². The number of imidazole rings is 1. The van der Waals surface area contributed by atoms with Crippen molar-refractivity contribution in [2.45, 2.75) is 18.4 Å². The third-order valence-electron chi connectivity index (χ3n) is 4.26. The van der Waals surface area contributed by atoms with Gasteiger partial charge < -0.3 is 14.0 Å². The summed E-state index contributed by atoms with van der Waals surface area (Å²) in [6.07, 6.45) is 5.15. The second-order valence-corrected chi connectivity index (χ2v) is 6.78. The van der Waals surface area contributed by atoms with Crippen LogP contribution in [0.3, 0.4) is 0 Å². The molecule has 0 saturated carbocycles. The van der Waals surface area contributed by atoms with Gasteiger partial charge in [-0.3, -0.25) is 0 Å². The van der Waals surface area contributed by atoms with Gasteiger partial charge in [0.05, 0.1) is 24.5 Å². The molecule has 6 heteroatoms. The Morgan fingerprint density at radius 3 is 2.72 bits per heavy atom. The van der Waals surface area contributed by atoms with Crippen LogP contribution in [0.25, 0.3) is 0 Å². The molecule has 2 atom stereocenters. The number of ether oxygens (including phenoxy) is 2. The Bertz CT molecular complexity index is 855. The number of nitrogens with zero attached hydrogens (tertiary/aromatic N) is 2. The van der Waals surface area contributed by atoms with Crippen molar-refractivity contribution in [3.8, 4) is 0 Å². The van der Waals surface area contributed by atoms with Crippen LogP contribution < -0.4 is 0 Å². The Morgan fingerprint density at radius 2 is 2.00 bits per heavy atom. The van der Waals surface area contributed by atoms with Crippen molar-refractivity contribution in [2.75, 3.05) is 6.61 Å². The van der Waals surface area contributed by atoms with Crippen LogP contribution in [0.15, 0.2) is 67.3 Å². The molecule has 0 aliphatic carbocycles. The van der Waals surface area contributed by atoms with Gasteiger partial charge in [0.25, 0.3) is 0 Å². The standard InChI is InChI=1S/C19H16Cl2N2O2/c20-15-6-7-16(17(21)10-15)19(12-23-9-8-22-13-23)24-11-18(25-19)14-4-2-1-3-5-14/h1-10,13,18H,11-12H2. The Labute approximate surface area is 155 Å². The zero-order valence-corrected chi connectivity index (χ0v) is 14.8. The van der Waals surface area contributed by atoms with Crippen molar-refractivity contribution in [2.24, 2.45) is 0 Å². The summed E-state index contributed by atoms with van der Waals surface area (Å²) in [5.74, 6) is -0.997. The molecular formula is C19H16Cl2N2O2. The molecule has 0 N–H and O–H groups in total. The molecule has 0 bridgehead atoms. The molecule has 0 spiro atoms. The maximum atomic E-state index is 6.46. The van der Waals surface area contributed by atoms with Gasteiger partial charge in [0.15, 0.2) is 0 Å². The van der Waals surface area contributed by atoms with E-state index in [2.05, 4.69) is 4.98 Å². The number of benzene rings is 2. The Kier molecular flexibility index (Phi) is 4.52. The Hall–Kier alpha value is -1.85. The van der Waals surface area contributed by atoms with E-state index in [9.17, 15) is 0 Å². The van der Waals surface area contributed by atoms with Gasteiger partial charge in [0.1, 0.15) is 6.10 Å². The number of hydrogen-bond acceptors (Lipinski definition) is 3. The Balaban J connectivity index is 1.72. The van der Waals surface area contributed by atoms with E-state index in [1.807, 2.05) is 47.2 Å². The van der Waals surface area contributed by atoms with Gasteiger partial charge >= 0.3 is 0 Å². The van der Waals surface area contributed by atoms with Gasteiger partial charge in [-0.2, -0.15) is 0 Å². The fraction of sp³-hybridized carbons (Fsp3) is 0.211. The summed E-state index contributed by atoms with van der Waals surface area (Å²) in [7, 11) is 0. The minimum Gasteiger partial charge on any atom is -0.341 e. The van der Waals surface area contributed by atoms with Crippen molar-refractivity contribution in [1.82, 2.24) is 9.55 Å². The van der Waals surface area contributed by atoms with Crippen LogP contribution in [0.2, 0.25) is 10.0 Å². The highest BCUT2D eigenvalue weighted by Gasteiger charge is 2.45. The summed E-state index contributed by atoms with van der Waals surface area (Å²) in [4.78, 5) is 4.10. The Morgan fingerprint density at radius 1 is 1.16 bits per heavy atom. The van der Waals surface area contributed by atoms with Crippen LogP contribution in [0.5, 0.6) is 0 Å². The van der Waals surface area contributed by atoms with Crippen LogP contribution in [-0.2, 0) is 21.8 Å². The van der Waals surface area contributed by atoms with Crippen molar-refractivity contribution < 1.29 is 9.47 Å². The fourth-order valence-electron chi connectivity index (χ4n) is 3.07. The summed E-state index contributed by atoms with van der Waals surface area (Å²) in [6.45, 7) is 0.884. The largest absolute Gasteiger partial charge is 0.341 e. The second-order valence-electron chi connectivity index (χ2n) is 5.94. The molecule has 0 amide bonds. The van der Waals surface area contributed by atoms with E-state index in [0.29, 0.717) is 23.2 Å². The van der Waals surface area contributed by atoms with Gasteiger partial charge in [0, 0.05) is 23.0 Å². The third kappa shape index (κ3) is 3.31. The van der Waals surface area contributed by atoms with E-state index < -0.39 is 5.79 Å². The summed E-state index contributed by atoms with van der Waals surface area (Å²) >= 11 is 12.5. The quantitative estimate of drug-likeness (QED) is 0.655. The molecule has 2 unspecified atom stereocenters. The molecule has 2 aromatic carbocycles. The van der Waals surface area contributed by atoms with Crippen LogP contribution in [0, 0.1) is 0 Å².